The second-order valence-corrected chi connectivity index (χ2v) is 9.40. The largest absolute Gasteiger partial charge is 0.293 e. The highest BCUT2D eigenvalue weighted by Crippen LogP contribution is 2.35. The molecule has 0 amide bonds. The number of allylic oxidation sites excluding steroid dienone is 4. The normalized spacial score (nSPS) is 21.7. The van der Waals surface area contributed by atoms with Gasteiger partial charge in [0.15, 0.2) is 5.78 Å². The smallest absolute Gasteiger partial charge is 0.183 e. The van der Waals surface area contributed by atoms with Gasteiger partial charge in [0.05, 0.1) is 5.56 Å². The highest BCUT2D eigenvalue weighted by molar-refractivity contribution is 7.97. The molecule has 4 rings (SSSR count). The summed E-state index contributed by atoms with van der Waals surface area (Å²) in [6, 6.07) is 13.2. The Morgan fingerprint density at radius 3 is 2.28 bits per heavy atom. The van der Waals surface area contributed by atoms with Gasteiger partial charge in [0.2, 0.25) is 0 Å². The number of hydrogen-bond acceptors (Lipinski definition) is 1. The van der Waals surface area contributed by atoms with Crippen molar-refractivity contribution in [3.63, 3.8) is 0 Å². The van der Waals surface area contributed by atoms with E-state index in [1.54, 1.807) is 0 Å². The van der Waals surface area contributed by atoms with Gasteiger partial charge in [-0.1, -0.05) is 45.9 Å². The first-order valence-corrected chi connectivity index (χ1v) is 10.0. The number of hydrogen-bond donors (Lipinski definition) is 0. The third-order valence-corrected chi connectivity index (χ3v) is 7.52. The van der Waals surface area contributed by atoms with Crippen molar-refractivity contribution in [3.05, 3.63) is 82.5 Å². The third kappa shape index (κ3) is 2.75. The maximum Gasteiger partial charge on any atom is 0.183 e. The molecule has 0 fully saturated rings. The SMILES string of the molecule is CC1=CC2C(=O)c3cc(C)ccc3[SH+](c3cc(C)cc(C)c3)=C2C=C1. The fourth-order valence-electron chi connectivity index (χ4n) is 3.86. The van der Waals surface area contributed by atoms with Crippen molar-refractivity contribution in [2.75, 3.05) is 0 Å². The van der Waals surface area contributed by atoms with E-state index < -0.39 is 10.5 Å². The van der Waals surface area contributed by atoms with Gasteiger partial charge >= 0.3 is 0 Å². The predicted molar refractivity (Wildman–Crippen MR) is 108 cm³/mol. The number of thiol groups is 1. The Balaban J connectivity index is 2.06. The summed E-state index contributed by atoms with van der Waals surface area (Å²) in [4.78, 5) is 17.0. The van der Waals surface area contributed by atoms with Gasteiger partial charge < -0.3 is 0 Å². The minimum Gasteiger partial charge on any atom is -0.293 e. The zero-order chi connectivity index (χ0) is 17.7. The highest BCUT2D eigenvalue weighted by Gasteiger charge is 2.38. The maximum atomic E-state index is 13.2. The summed E-state index contributed by atoms with van der Waals surface area (Å²) in [5.41, 5.74) is 5.81. The van der Waals surface area contributed by atoms with Crippen LogP contribution in [0.1, 0.15) is 34.0 Å². The molecule has 2 aromatic rings. The topological polar surface area (TPSA) is 17.1 Å². The van der Waals surface area contributed by atoms with E-state index >= 15 is 0 Å². The van der Waals surface area contributed by atoms with Gasteiger partial charge in [-0.2, -0.15) is 0 Å². The molecule has 0 N–H and O–H groups in total. The van der Waals surface area contributed by atoms with E-state index in [1.807, 2.05) is 0 Å². The Morgan fingerprint density at radius 2 is 1.56 bits per heavy atom. The van der Waals surface area contributed by atoms with Gasteiger partial charge in [-0.25, -0.2) is 0 Å². The quantitative estimate of drug-likeness (QED) is 0.408. The molecule has 126 valence electrons. The molecule has 1 nitrogen and oxygen atoms in total. The standard InChI is InChI=1S/C23H22OS/c1-14-5-7-21-19(12-14)23(24)20-13-15(2)6-8-22(20)25(21)18-10-16(3)9-17(4)11-18/h5-13,19H,1-4H3/p+1. The lowest BCUT2D eigenvalue weighted by Crippen LogP contribution is -2.32. The fourth-order valence-corrected chi connectivity index (χ4v) is 6.72. The zero-order valence-corrected chi connectivity index (χ0v) is 16.0. The van der Waals surface area contributed by atoms with Crippen LogP contribution in [0.2, 0.25) is 0 Å². The Hall–Kier alpha value is -2.19. The van der Waals surface area contributed by atoms with Crippen LogP contribution in [0, 0.1) is 26.7 Å². The van der Waals surface area contributed by atoms with Gasteiger partial charge in [0.25, 0.3) is 0 Å². The van der Waals surface area contributed by atoms with Crippen molar-refractivity contribution in [1.82, 2.24) is 0 Å². The Morgan fingerprint density at radius 1 is 0.840 bits per heavy atom. The molecule has 2 aromatic carbocycles. The van der Waals surface area contributed by atoms with Crippen LogP contribution in [0.25, 0.3) is 0 Å². The Kier molecular flexibility index (Phi) is 3.88. The lowest BCUT2D eigenvalue weighted by atomic mass is 9.88. The van der Waals surface area contributed by atoms with Crippen LogP contribution in [-0.4, -0.2) is 10.6 Å². The van der Waals surface area contributed by atoms with Crippen molar-refractivity contribution in [3.8, 4) is 0 Å². The molecular weight excluding hydrogens is 324 g/mol. The van der Waals surface area contributed by atoms with Crippen LogP contribution in [0.5, 0.6) is 0 Å². The number of fused-ring (bicyclic) bond motifs is 2. The van der Waals surface area contributed by atoms with Gasteiger partial charge in [-0.3, -0.25) is 4.79 Å². The lowest BCUT2D eigenvalue weighted by molar-refractivity contribution is 0.0969. The number of benzene rings is 2. The maximum absolute atomic E-state index is 13.2. The van der Waals surface area contributed by atoms with Crippen LogP contribution in [-0.2, 0) is 10.5 Å². The molecule has 2 heteroatoms. The number of rotatable bonds is 1. The summed E-state index contributed by atoms with van der Waals surface area (Å²) >= 11 is 0. The van der Waals surface area contributed by atoms with E-state index in [1.165, 1.54) is 31.4 Å². The summed E-state index contributed by atoms with van der Waals surface area (Å²) in [5, 5.41) is 0. The minimum atomic E-state index is -0.666. The first-order valence-electron chi connectivity index (χ1n) is 8.71. The second kappa shape index (κ2) is 5.96. The van der Waals surface area contributed by atoms with Crippen molar-refractivity contribution < 1.29 is 4.79 Å². The molecule has 0 bridgehead atoms. The molecule has 2 atom stereocenters. The van der Waals surface area contributed by atoms with Crippen LogP contribution in [0.3, 0.4) is 0 Å². The summed E-state index contributed by atoms with van der Waals surface area (Å²) < 4.78 is 0. The van der Waals surface area contributed by atoms with Crippen molar-refractivity contribution in [1.29, 1.82) is 0 Å². The van der Waals surface area contributed by atoms with Crippen molar-refractivity contribution >= 4 is 21.1 Å². The fraction of sp³-hybridized carbons (Fsp3) is 0.217. The third-order valence-electron chi connectivity index (χ3n) is 4.93. The summed E-state index contributed by atoms with van der Waals surface area (Å²) in [7, 11) is -0.666. The average molecular weight is 348 g/mol. The molecule has 0 aromatic heterocycles. The molecule has 0 saturated heterocycles. The molecule has 0 radical (unpaired) electrons. The molecule has 0 spiro atoms. The lowest BCUT2D eigenvalue weighted by Gasteiger charge is -2.25. The number of carbonyl (C=O) groups is 1. The van der Waals surface area contributed by atoms with Crippen molar-refractivity contribution in [2.24, 2.45) is 5.92 Å². The van der Waals surface area contributed by atoms with Gasteiger partial charge in [0.1, 0.15) is 20.6 Å². The monoisotopic (exact) mass is 347 g/mol. The summed E-state index contributed by atoms with van der Waals surface area (Å²) in [6.07, 6.45) is 6.49. The highest BCUT2D eigenvalue weighted by atomic mass is 32.2. The number of aryl methyl sites for hydroxylation is 3. The zero-order valence-electron chi connectivity index (χ0n) is 15.1. The number of Topliss-reactive ketones (excluding diaryl/α,β-unsaturated/α-hetero) is 1. The van der Waals surface area contributed by atoms with Gasteiger partial charge in [0, 0.05) is 0 Å². The first-order chi connectivity index (χ1) is 11.9. The van der Waals surface area contributed by atoms with Gasteiger partial charge in [-0.15, -0.1) is 0 Å². The van der Waals surface area contributed by atoms with Crippen LogP contribution >= 0.6 is 0 Å². The van der Waals surface area contributed by atoms with Crippen LogP contribution in [0.4, 0.5) is 0 Å². The molecule has 25 heavy (non-hydrogen) atoms. The summed E-state index contributed by atoms with van der Waals surface area (Å²) in [5.74, 6) is 0.145. The van der Waals surface area contributed by atoms with E-state index in [9.17, 15) is 4.79 Å². The molecule has 0 saturated carbocycles. The summed E-state index contributed by atoms with van der Waals surface area (Å²) in [6.45, 7) is 8.44. The Bertz CT molecular complexity index is 984. The number of carbonyl (C=O) groups excluding carboxylic acids is 1. The van der Waals surface area contributed by atoms with E-state index in [4.69, 9.17) is 0 Å². The molecule has 1 aliphatic heterocycles. The first kappa shape index (κ1) is 16.3. The molecule has 2 unspecified atom stereocenters. The molecule has 1 aliphatic carbocycles. The van der Waals surface area contributed by atoms with Crippen molar-refractivity contribution in [2.45, 2.75) is 37.5 Å². The minimum absolute atomic E-state index is 0.105. The molecule has 2 aliphatic rings. The number of ketones is 1. The molecular formula is C23H23OS+. The second-order valence-electron chi connectivity index (χ2n) is 7.21. The van der Waals surface area contributed by atoms with E-state index in [0.717, 1.165) is 11.1 Å². The van der Waals surface area contributed by atoms with E-state index in [0.29, 0.717) is 0 Å². The van der Waals surface area contributed by atoms with E-state index in [-0.39, 0.29) is 11.7 Å². The Labute approximate surface area is 152 Å². The molecule has 1 heterocycles. The van der Waals surface area contributed by atoms with Crippen LogP contribution in [0.15, 0.2) is 70.0 Å². The van der Waals surface area contributed by atoms with Gasteiger partial charge in [-0.05, 0) is 69.2 Å². The predicted octanol–water partition coefficient (Wildman–Crippen LogP) is 4.88. The average Bonchev–Trinajstić information content (AvgIpc) is 2.55. The van der Waals surface area contributed by atoms with Crippen LogP contribution < -0.4 is 0 Å². The van der Waals surface area contributed by atoms with E-state index in [2.05, 4.69) is 82.3 Å².